The first-order valence-corrected chi connectivity index (χ1v) is 6.58. The van der Waals surface area contributed by atoms with Crippen LogP contribution in [0.25, 0.3) is 0 Å². The van der Waals surface area contributed by atoms with E-state index in [1.807, 2.05) is 4.90 Å². The van der Waals surface area contributed by atoms with Gasteiger partial charge in [-0.1, -0.05) is 13.8 Å². The van der Waals surface area contributed by atoms with E-state index in [1.165, 1.54) is 0 Å². The van der Waals surface area contributed by atoms with E-state index in [0.29, 0.717) is 17.9 Å². The van der Waals surface area contributed by atoms with Crippen molar-refractivity contribution in [1.29, 1.82) is 0 Å². The van der Waals surface area contributed by atoms with Crippen LogP contribution in [0.3, 0.4) is 0 Å². The Morgan fingerprint density at radius 1 is 1.50 bits per heavy atom. The maximum Gasteiger partial charge on any atom is 0.227 e. The van der Waals surface area contributed by atoms with Crippen LogP contribution >= 0.6 is 0 Å². The number of rotatable bonds is 4. The number of carbonyl (C=O) groups is 1. The van der Waals surface area contributed by atoms with E-state index in [4.69, 9.17) is 0 Å². The van der Waals surface area contributed by atoms with E-state index in [1.54, 1.807) is 0 Å². The standard InChI is InChI=1S/C13H26N2O/c1-5-15(9-10(2)3)13(16)12-7-6-8-14-11(12)4/h10-12,14H,5-9H2,1-4H3. The Balaban J connectivity index is 2.58. The summed E-state index contributed by atoms with van der Waals surface area (Å²) in [6.07, 6.45) is 2.17. The second-order valence-electron chi connectivity index (χ2n) is 5.26. The zero-order valence-electron chi connectivity index (χ0n) is 11.1. The van der Waals surface area contributed by atoms with Crippen molar-refractivity contribution in [2.75, 3.05) is 19.6 Å². The van der Waals surface area contributed by atoms with Gasteiger partial charge in [0.15, 0.2) is 0 Å². The number of amides is 1. The maximum atomic E-state index is 12.4. The summed E-state index contributed by atoms with van der Waals surface area (Å²) in [6, 6.07) is 0.336. The highest BCUT2D eigenvalue weighted by atomic mass is 16.2. The van der Waals surface area contributed by atoms with Crippen LogP contribution in [0.2, 0.25) is 0 Å². The Morgan fingerprint density at radius 2 is 2.19 bits per heavy atom. The molecule has 3 nitrogen and oxygen atoms in total. The Morgan fingerprint density at radius 3 is 2.69 bits per heavy atom. The van der Waals surface area contributed by atoms with Gasteiger partial charge in [0.05, 0.1) is 5.92 Å². The average Bonchev–Trinajstić information content (AvgIpc) is 2.25. The van der Waals surface area contributed by atoms with E-state index in [0.717, 1.165) is 32.5 Å². The zero-order chi connectivity index (χ0) is 12.1. The van der Waals surface area contributed by atoms with Crippen molar-refractivity contribution in [3.8, 4) is 0 Å². The quantitative estimate of drug-likeness (QED) is 0.794. The van der Waals surface area contributed by atoms with Crippen LogP contribution in [0.15, 0.2) is 0 Å². The van der Waals surface area contributed by atoms with E-state index in [2.05, 4.69) is 33.0 Å². The molecule has 0 bridgehead atoms. The van der Waals surface area contributed by atoms with Crippen molar-refractivity contribution < 1.29 is 4.79 Å². The molecule has 16 heavy (non-hydrogen) atoms. The van der Waals surface area contributed by atoms with E-state index in [9.17, 15) is 4.79 Å². The van der Waals surface area contributed by atoms with Gasteiger partial charge in [-0.2, -0.15) is 0 Å². The lowest BCUT2D eigenvalue weighted by molar-refractivity contribution is -0.137. The molecule has 0 aromatic carbocycles. The second kappa shape index (κ2) is 6.24. The van der Waals surface area contributed by atoms with Gasteiger partial charge in [-0.25, -0.2) is 0 Å². The monoisotopic (exact) mass is 226 g/mol. The number of piperidine rings is 1. The lowest BCUT2D eigenvalue weighted by Gasteiger charge is -2.34. The third-order valence-corrected chi connectivity index (χ3v) is 3.36. The zero-order valence-corrected chi connectivity index (χ0v) is 11.1. The van der Waals surface area contributed by atoms with Gasteiger partial charge in [0.1, 0.15) is 0 Å². The van der Waals surface area contributed by atoms with Crippen molar-refractivity contribution in [1.82, 2.24) is 10.2 Å². The average molecular weight is 226 g/mol. The van der Waals surface area contributed by atoms with Crippen LogP contribution < -0.4 is 5.32 Å². The van der Waals surface area contributed by atoms with Crippen LogP contribution in [0.5, 0.6) is 0 Å². The molecule has 1 heterocycles. The summed E-state index contributed by atoms with van der Waals surface area (Å²) >= 11 is 0. The first kappa shape index (κ1) is 13.5. The Labute approximate surface area is 99.6 Å². The molecule has 2 unspecified atom stereocenters. The Hall–Kier alpha value is -0.570. The number of hydrogen-bond acceptors (Lipinski definition) is 2. The van der Waals surface area contributed by atoms with E-state index < -0.39 is 0 Å². The molecule has 1 fully saturated rings. The smallest absolute Gasteiger partial charge is 0.227 e. The largest absolute Gasteiger partial charge is 0.342 e. The summed E-state index contributed by atoms with van der Waals surface area (Å²) in [5.41, 5.74) is 0. The molecule has 2 atom stereocenters. The third-order valence-electron chi connectivity index (χ3n) is 3.36. The van der Waals surface area contributed by atoms with Gasteiger partial charge < -0.3 is 10.2 Å². The minimum absolute atomic E-state index is 0.187. The second-order valence-corrected chi connectivity index (χ2v) is 5.26. The van der Waals surface area contributed by atoms with Gasteiger partial charge in [-0.05, 0) is 39.2 Å². The van der Waals surface area contributed by atoms with Crippen molar-refractivity contribution >= 4 is 5.91 Å². The van der Waals surface area contributed by atoms with Gasteiger partial charge >= 0.3 is 0 Å². The third kappa shape index (κ3) is 3.48. The molecule has 1 amide bonds. The van der Waals surface area contributed by atoms with Gasteiger partial charge in [0.25, 0.3) is 0 Å². The van der Waals surface area contributed by atoms with Crippen LogP contribution in [0.4, 0.5) is 0 Å². The van der Waals surface area contributed by atoms with Crippen LogP contribution in [0, 0.1) is 11.8 Å². The lowest BCUT2D eigenvalue weighted by Crippen LogP contribution is -2.48. The molecule has 0 aromatic rings. The summed E-state index contributed by atoms with van der Waals surface area (Å²) in [4.78, 5) is 14.4. The summed E-state index contributed by atoms with van der Waals surface area (Å²) < 4.78 is 0. The highest BCUT2D eigenvalue weighted by Gasteiger charge is 2.30. The first-order valence-electron chi connectivity index (χ1n) is 6.58. The summed E-state index contributed by atoms with van der Waals surface area (Å²) in [6.45, 7) is 11.3. The number of carbonyl (C=O) groups excluding carboxylic acids is 1. The molecule has 1 N–H and O–H groups in total. The lowest BCUT2D eigenvalue weighted by atomic mass is 9.90. The predicted octanol–water partition coefficient (Wildman–Crippen LogP) is 1.88. The highest BCUT2D eigenvalue weighted by Crippen LogP contribution is 2.19. The normalized spacial score (nSPS) is 25.8. The fourth-order valence-electron chi connectivity index (χ4n) is 2.43. The molecule has 94 valence electrons. The van der Waals surface area contributed by atoms with Crippen LogP contribution in [0.1, 0.15) is 40.5 Å². The van der Waals surface area contributed by atoms with Crippen molar-refractivity contribution in [3.63, 3.8) is 0 Å². The summed E-state index contributed by atoms with van der Waals surface area (Å²) in [7, 11) is 0. The molecule has 0 saturated carbocycles. The molecular formula is C13H26N2O. The molecule has 3 heteroatoms. The molecule has 1 rings (SSSR count). The van der Waals surface area contributed by atoms with Crippen molar-refractivity contribution in [2.45, 2.75) is 46.6 Å². The molecule has 1 aliphatic heterocycles. The molecule has 0 radical (unpaired) electrons. The molecule has 0 aliphatic carbocycles. The van der Waals surface area contributed by atoms with Gasteiger partial charge in [0, 0.05) is 19.1 Å². The molecule has 1 saturated heterocycles. The van der Waals surface area contributed by atoms with Gasteiger partial charge in [-0.15, -0.1) is 0 Å². The summed E-state index contributed by atoms with van der Waals surface area (Å²) in [5, 5.41) is 3.40. The number of nitrogens with zero attached hydrogens (tertiary/aromatic N) is 1. The maximum absolute atomic E-state index is 12.4. The first-order chi connectivity index (χ1) is 7.56. The summed E-state index contributed by atoms with van der Waals surface area (Å²) in [5.74, 6) is 1.08. The molecule has 1 aliphatic rings. The van der Waals surface area contributed by atoms with E-state index >= 15 is 0 Å². The highest BCUT2D eigenvalue weighted by molar-refractivity contribution is 5.79. The fraction of sp³-hybridized carbons (Fsp3) is 0.923. The van der Waals surface area contributed by atoms with Crippen molar-refractivity contribution in [2.24, 2.45) is 11.8 Å². The van der Waals surface area contributed by atoms with Gasteiger partial charge in [0.2, 0.25) is 5.91 Å². The Bertz CT molecular complexity index is 228. The molecule has 0 aromatic heterocycles. The van der Waals surface area contributed by atoms with Crippen LogP contribution in [-0.2, 0) is 4.79 Å². The topological polar surface area (TPSA) is 32.3 Å². The minimum Gasteiger partial charge on any atom is -0.342 e. The van der Waals surface area contributed by atoms with Crippen molar-refractivity contribution in [3.05, 3.63) is 0 Å². The van der Waals surface area contributed by atoms with E-state index in [-0.39, 0.29) is 5.92 Å². The number of hydrogen-bond donors (Lipinski definition) is 1. The van der Waals surface area contributed by atoms with Gasteiger partial charge in [-0.3, -0.25) is 4.79 Å². The molecular weight excluding hydrogens is 200 g/mol. The fourth-order valence-corrected chi connectivity index (χ4v) is 2.43. The van der Waals surface area contributed by atoms with Crippen LogP contribution in [-0.4, -0.2) is 36.5 Å². The Kier molecular flexibility index (Phi) is 5.26. The number of nitrogens with one attached hydrogen (secondary N) is 1. The molecule has 0 spiro atoms. The SMILES string of the molecule is CCN(CC(C)C)C(=O)C1CCCNC1C. The predicted molar refractivity (Wildman–Crippen MR) is 67.3 cm³/mol. The minimum atomic E-state index is 0.187.